The van der Waals surface area contributed by atoms with Gasteiger partial charge < -0.3 is 15.1 Å². The third-order valence-corrected chi connectivity index (χ3v) is 9.01. The zero-order valence-electron chi connectivity index (χ0n) is 18.0. The fourth-order valence-corrected chi connectivity index (χ4v) is 6.87. The number of carbonyl (C=O) groups is 2. The van der Waals surface area contributed by atoms with Crippen LogP contribution in [-0.2, 0) is 21.1 Å². The second-order valence-electron chi connectivity index (χ2n) is 10.3. The minimum atomic E-state index is -5.35. The second-order valence-corrected chi connectivity index (χ2v) is 12.2. The average molecular weight is 486 g/mol. The molecule has 7 nitrogen and oxygen atoms in total. The molecule has 4 aliphatic rings. The number of alkyl halides is 3. The van der Waals surface area contributed by atoms with E-state index in [-0.39, 0.29) is 28.8 Å². The molecule has 1 aromatic rings. The lowest BCUT2D eigenvalue weighted by Gasteiger charge is -2.61. The Bertz CT molecular complexity index is 1080. The van der Waals surface area contributed by atoms with Crippen LogP contribution in [-0.4, -0.2) is 67.4 Å². The molecule has 0 aromatic heterocycles. The van der Waals surface area contributed by atoms with Crippen molar-refractivity contribution >= 4 is 21.8 Å². The van der Waals surface area contributed by atoms with E-state index in [0.29, 0.717) is 44.6 Å². The summed E-state index contributed by atoms with van der Waals surface area (Å²) in [6.45, 7) is 2.45. The van der Waals surface area contributed by atoms with Crippen LogP contribution in [0, 0.1) is 11.3 Å². The van der Waals surface area contributed by atoms with Crippen molar-refractivity contribution in [3.8, 4) is 0 Å². The summed E-state index contributed by atoms with van der Waals surface area (Å²) in [5, 5.41) is 3.03. The van der Waals surface area contributed by atoms with E-state index in [1.54, 1.807) is 11.0 Å². The van der Waals surface area contributed by atoms with E-state index in [4.69, 9.17) is 0 Å². The maximum atomic E-state index is 12.8. The molecule has 1 aliphatic carbocycles. The summed E-state index contributed by atoms with van der Waals surface area (Å²) < 4.78 is 61.7. The molecule has 0 bridgehead atoms. The van der Waals surface area contributed by atoms with Gasteiger partial charge in [0.2, 0.25) is 5.91 Å². The SMILES string of the molecule is O=C1CCCC2(CN(C(=O)N3CC4(CC(Cc5cccc(S(=O)(=O)C(F)(F)F)c5)C4)C3)C2)N1. The van der Waals surface area contributed by atoms with E-state index in [1.165, 1.54) is 6.07 Å². The standard InChI is InChI=1S/C22H26F3N3O4S/c23-22(24,25)33(31,32)17-4-1-3-15(8-17)7-16-9-20(10-16)11-27(12-20)19(30)28-13-21(14-28)6-2-5-18(29)26-21/h1,3-4,8,16H,2,5-7,9-14H2,(H,26,29). The molecule has 2 spiro atoms. The lowest BCUT2D eigenvalue weighted by molar-refractivity contribution is -0.128. The van der Waals surface area contributed by atoms with Crippen molar-refractivity contribution in [3.05, 3.63) is 29.8 Å². The minimum absolute atomic E-state index is 0.000388. The number of rotatable bonds is 3. The molecule has 11 heteroatoms. The summed E-state index contributed by atoms with van der Waals surface area (Å²) in [4.78, 5) is 27.3. The van der Waals surface area contributed by atoms with E-state index >= 15 is 0 Å². The van der Waals surface area contributed by atoms with Crippen LogP contribution in [0.4, 0.5) is 18.0 Å². The quantitative estimate of drug-likeness (QED) is 0.713. The van der Waals surface area contributed by atoms with Gasteiger partial charge in [0.25, 0.3) is 9.84 Å². The average Bonchev–Trinajstić information content (AvgIpc) is 2.65. The Morgan fingerprint density at radius 3 is 2.42 bits per heavy atom. The normalized spacial score (nSPS) is 24.2. The van der Waals surface area contributed by atoms with E-state index in [0.717, 1.165) is 37.8 Å². The maximum absolute atomic E-state index is 12.8. The van der Waals surface area contributed by atoms with Crippen molar-refractivity contribution in [2.24, 2.45) is 11.3 Å². The minimum Gasteiger partial charge on any atom is -0.347 e. The number of benzene rings is 1. The number of urea groups is 1. The number of piperidine rings is 1. The summed E-state index contributed by atoms with van der Waals surface area (Å²) in [6.07, 6.45) is 4.56. The summed E-state index contributed by atoms with van der Waals surface area (Å²) in [6, 6.07) is 5.10. The Hall–Kier alpha value is -2.30. The Kier molecular flexibility index (Phi) is 5.01. The number of hydrogen-bond donors (Lipinski definition) is 1. The largest absolute Gasteiger partial charge is 0.501 e. The smallest absolute Gasteiger partial charge is 0.347 e. The molecule has 4 fully saturated rings. The van der Waals surface area contributed by atoms with Crippen molar-refractivity contribution in [2.75, 3.05) is 26.2 Å². The van der Waals surface area contributed by atoms with Gasteiger partial charge in [-0.3, -0.25) is 4.79 Å². The first-order chi connectivity index (χ1) is 15.4. The van der Waals surface area contributed by atoms with Crippen molar-refractivity contribution in [2.45, 2.75) is 54.5 Å². The van der Waals surface area contributed by atoms with Crippen molar-refractivity contribution < 1.29 is 31.2 Å². The van der Waals surface area contributed by atoms with Gasteiger partial charge in [-0.2, -0.15) is 13.2 Å². The van der Waals surface area contributed by atoms with Crippen LogP contribution in [0.15, 0.2) is 29.2 Å². The number of amides is 3. The monoisotopic (exact) mass is 485 g/mol. The number of sulfone groups is 1. The van der Waals surface area contributed by atoms with Crippen molar-refractivity contribution in [3.63, 3.8) is 0 Å². The number of nitrogens with zero attached hydrogens (tertiary/aromatic N) is 2. The van der Waals surface area contributed by atoms with Gasteiger partial charge in [-0.15, -0.1) is 0 Å². The van der Waals surface area contributed by atoms with Crippen LogP contribution in [0.5, 0.6) is 0 Å². The highest BCUT2D eigenvalue weighted by molar-refractivity contribution is 7.92. The third-order valence-electron chi connectivity index (χ3n) is 7.53. The molecule has 3 heterocycles. The topological polar surface area (TPSA) is 86.8 Å². The first-order valence-electron chi connectivity index (χ1n) is 11.2. The predicted octanol–water partition coefficient (Wildman–Crippen LogP) is 2.71. The molecule has 3 amide bonds. The lowest BCUT2D eigenvalue weighted by Crippen LogP contribution is -2.75. The number of likely N-dealkylation sites (tertiary alicyclic amines) is 2. The highest BCUT2D eigenvalue weighted by Crippen LogP contribution is 2.53. The van der Waals surface area contributed by atoms with E-state index in [9.17, 15) is 31.2 Å². The van der Waals surface area contributed by atoms with Crippen molar-refractivity contribution in [1.29, 1.82) is 0 Å². The Balaban J connectivity index is 1.10. The zero-order chi connectivity index (χ0) is 23.6. The number of hydrogen-bond acceptors (Lipinski definition) is 4. The third kappa shape index (κ3) is 3.87. The van der Waals surface area contributed by atoms with Gasteiger partial charge in [0, 0.05) is 38.0 Å². The summed E-state index contributed by atoms with van der Waals surface area (Å²) in [5.41, 5.74) is -4.92. The molecule has 1 aromatic carbocycles. The van der Waals surface area contributed by atoms with Crippen LogP contribution in [0.25, 0.3) is 0 Å². The predicted molar refractivity (Wildman–Crippen MR) is 112 cm³/mol. The van der Waals surface area contributed by atoms with Crippen LogP contribution < -0.4 is 5.32 Å². The van der Waals surface area contributed by atoms with E-state index in [1.807, 2.05) is 4.90 Å². The van der Waals surface area contributed by atoms with Crippen LogP contribution in [0.2, 0.25) is 0 Å². The second kappa shape index (κ2) is 7.35. The molecule has 3 aliphatic heterocycles. The summed E-state index contributed by atoms with van der Waals surface area (Å²) in [7, 11) is -5.35. The molecule has 1 N–H and O–H groups in total. The molecule has 33 heavy (non-hydrogen) atoms. The molecule has 180 valence electrons. The number of nitrogens with one attached hydrogen (secondary N) is 1. The van der Waals surface area contributed by atoms with Gasteiger partial charge in [-0.1, -0.05) is 12.1 Å². The summed E-state index contributed by atoms with van der Waals surface area (Å²) >= 11 is 0. The van der Waals surface area contributed by atoms with E-state index < -0.39 is 20.2 Å². The molecule has 5 rings (SSSR count). The van der Waals surface area contributed by atoms with Gasteiger partial charge in [0.1, 0.15) is 0 Å². The number of halogens is 3. The van der Waals surface area contributed by atoms with Crippen molar-refractivity contribution in [1.82, 2.24) is 15.1 Å². The van der Waals surface area contributed by atoms with Gasteiger partial charge >= 0.3 is 11.5 Å². The highest BCUT2D eigenvalue weighted by Gasteiger charge is 2.56. The van der Waals surface area contributed by atoms with Crippen LogP contribution >= 0.6 is 0 Å². The van der Waals surface area contributed by atoms with E-state index in [2.05, 4.69) is 5.32 Å². The maximum Gasteiger partial charge on any atom is 0.501 e. The zero-order valence-corrected chi connectivity index (χ0v) is 18.8. The fourth-order valence-electron chi connectivity index (χ4n) is 6.04. The molecule has 0 atom stereocenters. The van der Waals surface area contributed by atoms with Gasteiger partial charge in [0.15, 0.2) is 0 Å². The Morgan fingerprint density at radius 2 is 1.79 bits per heavy atom. The fraction of sp³-hybridized carbons (Fsp3) is 0.636. The highest BCUT2D eigenvalue weighted by atomic mass is 32.2. The van der Waals surface area contributed by atoms with Crippen LogP contribution in [0.3, 0.4) is 0 Å². The molecule has 1 saturated carbocycles. The first kappa shape index (κ1) is 22.5. The summed E-state index contributed by atoms with van der Waals surface area (Å²) in [5.74, 6) is 0.314. The lowest BCUT2D eigenvalue weighted by atomic mass is 9.56. The molecular formula is C22H26F3N3O4S. The Labute approximate surface area is 190 Å². The molecule has 0 unspecified atom stereocenters. The van der Waals surface area contributed by atoms with Crippen LogP contribution in [0.1, 0.15) is 37.7 Å². The van der Waals surface area contributed by atoms with Gasteiger partial charge in [-0.25, -0.2) is 13.2 Å². The molecule has 3 saturated heterocycles. The Morgan fingerprint density at radius 1 is 1.12 bits per heavy atom. The molecular weight excluding hydrogens is 459 g/mol. The first-order valence-corrected chi connectivity index (χ1v) is 12.6. The number of carbonyl (C=O) groups excluding carboxylic acids is 2. The molecule has 0 radical (unpaired) electrons. The van der Waals surface area contributed by atoms with Gasteiger partial charge in [-0.05, 0) is 55.7 Å². The van der Waals surface area contributed by atoms with Gasteiger partial charge in [0.05, 0.1) is 10.4 Å².